The van der Waals surface area contributed by atoms with Crippen LogP contribution in [0.15, 0.2) is 36.8 Å². The van der Waals surface area contributed by atoms with E-state index in [1.165, 1.54) is 11.1 Å². The molecule has 3 rings (SSSR count). The number of nitrogen functional groups attached to an aromatic ring is 1. The Kier molecular flexibility index (Phi) is 3.00. The van der Waals surface area contributed by atoms with E-state index in [1.54, 1.807) is 12.4 Å². The minimum absolute atomic E-state index is 0.571. The molecule has 20 heavy (non-hydrogen) atoms. The van der Waals surface area contributed by atoms with Gasteiger partial charge in [-0.05, 0) is 37.1 Å². The van der Waals surface area contributed by atoms with Crippen LogP contribution in [0.25, 0.3) is 5.65 Å². The third kappa shape index (κ3) is 2.17. The van der Waals surface area contributed by atoms with E-state index >= 15 is 0 Å². The zero-order chi connectivity index (χ0) is 14.1. The highest BCUT2D eigenvalue weighted by Gasteiger charge is 2.07. The fourth-order valence-electron chi connectivity index (χ4n) is 2.04. The molecule has 4 N–H and O–H groups in total. The van der Waals surface area contributed by atoms with E-state index in [0.717, 1.165) is 11.3 Å². The topological polar surface area (TPSA) is 80.3 Å². The molecule has 2 aromatic heterocycles. The van der Waals surface area contributed by atoms with Crippen molar-refractivity contribution in [3.8, 4) is 0 Å². The largest absolute Gasteiger partial charge is 0.337 e. The molecule has 102 valence electrons. The number of rotatable bonds is 3. The summed E-state index contributed by atoms with van der Waals surface area (Å²) < 4.78 is 1.87. The van der Waals surface area contributed by atoms with E-state index in [1.807, 2.05) is 16.7 Å². The summed E-state index contributed by atoms with van der Waals surface area (Å²) in [5.41, 5.74) is 6.76. The fraction of sp³-hybridized carbons (Fsp3) is 0.143. The van der Waals surface area contributed by atoms with Gasteiger partial charge in [-0.3, -0.25) is 0 Å². The Morgan fingerprint density at radius 2 is 2.05 bits per heavy atom. The molecular weight excluding hydrogens is 252 g/mol. The Hall–Kier alpha value is -2.60. The highest BCUT2D eigenvalue weighted by molar-refractivity contribution is 5.71. The number of nitrogens with one attached hydrogen (secondary N) is 2. The molecule has 0 unspecified atom stereocenters. The average molecular weight is 268 g/mol. The Morgan fingerprint density at radius 3 is 2.80 bits per heavy atom. The van der Waals surface area contributed by atoms with Crippen LogP contribution in [0.5, 0.6) is 0 Å². The third-order valence-corrected chi connectivity index (χ3v) is 3.29. The van der Waals surface area contributed by atoms with E-state index in [9.17, 15) is 0 Å². The van der Waals surface area contributed by atoms with Crippen LogP contribution in [-0.4, -0.2) is 14.4 Å². The van der Waals surface area contributed by atoms with Crippen LogP contribution in [0.2, 0.25) is 0 Å². The van der Waals surface area contributed by atoms with Gasteiger partial charge in [-0.15, -0.1) is 0 Å². The lowest BCUT2D eigenvalue weighted by molar-refractivity contribution is 1.11. The monoisotopic (exact) mass is 268 g/mol. The summed E-state index contributed by atoms with van der Waals surface area (Å²) in [5, 5.41) is 3.29. The van der Waals surface area contributed by atoms with Gasteiger partial charge in [0.05, 0.1) is 6.20 Å². The molecule has 2 heterocycles. The summed E-state index contributed by atoms with van der Waals surface area (Å²) in [6.07, 6.45) is 5.36. The molecule has 0 bridgehead atoms. The number of benzene rings is 1. The number of fused-ring (bicyclic) bond motifs is 1. The van der Waals surface area contributed by atoms with Crippen molar-refractivity contribution in [3.63, 3.8) is 0 Å². The fourth-order valence-corrected chi connectivity index (χ4v) is 2.04. The highest BCUT2D eigenvalue weighted by atomic mass is 15.3. The van der Waals surface area contributed by atoms with Crippen LogP contribution in [-0.2, 0) is 0 Å². The lowest BCUT2D eigenvalue weighted by Crippen LogP contribution is -2.11. The summed E-state index contributed by atoms with van der Waals surface area (Å²) in [5.74, 6) is 6.67. The molecule has 0 saturated carbocycles. The first-order valence-corrected chi connectivity index (χ1v) is 6.32. The maximum atomic E-state index is 5.44. The van der Waals surface area contributed by atoms with Gasteiger partial charge in [0.1, 0.15) is 0 Å². The van der Waals surface area contributed by atoms with Gasteiger partial charge in [-0.2, -0.15) is 0 Å². The number of anilines is 3. The first-order valence-electron chi connectivity index (χ1n) is 6.32. The van der Waals surface area contributed by atoms with Crippen molar-refractivity contribution in [2.24, 2.45) is 5.84 Å². The van der Waals surface area contributed by atoms with Crippen molar-refractivity contribution in [2.75, 3.05) is 10.7 Å². The first-order chi connectivity index (χ1) is 9.67. The number of aryl methyl sites for hydroxylation is 2. The number of aromatic nitrogens is 3. The molecule has 6 heteroatoms. The molecule has 0 saturated heterocycles. The molecule has 6 nitrogen and oxygen atoms in total. The number of hydrazine groups is 1. The van der Waals surface area contributed by atoms with E-state index in [2.05, 4.69) is 46.7 Å². The summed E-state index contributed by atoms with van der Waals surface area (Å²) >= 11 is 0. The van der Waals surface area contributed by atoms with Crippen LogP contribution in [0.1, 0.15) is 11.1 Å². The van der Waals surface area contributed by atoms with Crippen molar-refractivity contribution in [2.45, 2.75) is 13.8 Å². The van der Waals surface area contributed by atoms with Crippen molar-refractivity contribution in [1.82, 2.24) is 14.4 Å². The molecule has 0 aliphatic heterocycles. The summed E-state index contributed by atoms with van der Waals surface area (Å²) in [4.78, 5) is 8.71. The van der Waals surface area contributed by atoms with Crippen molar-refractivity contribution >= 4 is 23.0 Å². The molecular formula is C14H16N6. The van der Waals surface area contributed by atoms with E-state index in [-0.39, 0.29) is 0 Å². The summed E-state index contributed by atoms with van der Waals surface area (Å²) in [6, 6.07) is 6.18. The van der Waals surface area contributed by atoms with Gasteiger partial charge in [0.2, 0.25) is 0 Å². The Bertz CT molecular complexity index is 761. The molecule has 0 amide bonds. The number of nitrogens with zero attached hydrogens (tertiary/aromatic N) is 3. The first kappa shape index (κ1) is 12.4. The lowest BCUT2D eigenvalue weighted by Gasteiger charge is -2.10. The minimum atomic E-state index is 0.571. The number of imidazole rings is 1. The van der Waals surface area contributed by atoms with Crippen LogP contribution in [0, 0.1) is 13.8 Å². The van der Waals surface area contributed by atoms with Gasteiger partial charge in [0.15, 0.2) is 17.3 Å². The van der Waals surface area contributed by atoms with Crippen LogP contribution in [0.4, 0.5) is 17.3 Å². The van der Waals surface area contributed by atoms with Gasteiger partial charge in [-0.25, -0.2) is 15.8 Å². The quantitative estimate of drug-likeness (QED) is 0.502. The van der Waals surface area contributed by atoms with E-state index < -0.39 is 0 Å². The second-order valence-electron chi connectivity index (χ2n) is 4.70. The Morgan fingerprint density at radius 1 is 1.20 bits per heavy atom. The predicted molar refractivity (Wildman–Crippen MR) is 80.0 cm³/mol. The summed E-state index contributed by atoms with van der Waals surface area (Å²) in [6.45, 7) is 4.17. The number of hydrogen-bond acceptors (Lipinski definition) is 5. The SMILES string of the molecule is Cc1ccc(Nc2nc(NN)cn3ccnc23)cc1C. The molecule has 0 radical (unpaired) electrons. The number of hydrogen-bond donors (Lipinski definition) is 3. The molecule has 0 spiro atoms. The second kappa shape index (κ2) is 4.82. The molecule has 1 aromatic carbocycles. The van der Waals surface area contributed by atoms with Gasteiger partial charge in [0, 0.05) is 18.1 Å². The van der Waals surface area contributed by atoms with Crippen molar-refractivity contribution < 1.29 is 0 Å². The highest BCUT2D eigenvalue weighted by Crippen LogP contribution is 2.22. The molecule has 3 aromatic rings. The molecule has 0 fully saturated rings. The Labute approximate surface area is 116 Å². The number of nitrogens with two attached hydrogens (primary N) is 1. The maximum Gasteiger partial charge on any atom is 0.180 e. The standard InChI is InChI=1S/C14H16N6/c1-9-3-4-11(7-10(9)2)17-13-14-16-5-6-20(14)8-12(18-13)19-15/h3-8,19H,15H2,1-2H3,(H,17,18). The predicted octanol–water partition coefficient (Wildman–Crippen LogP) is 2.38. The maximum absolute atomic E-state index is 5.44. The zero-order valence-electron chi connectivity index (χ0n) is 11.4. The van der Waals surface area contributed by atoms with Crippen LogP contribution < -0.4 is 16.6 Å². The normalized spacial score (nSPS) is 10.8. The van der Waals surface area contributed by atoms with Crippen molar-refractivity contribution in [1.29, 1.82) is 0 Å². The molecule has 0 aliphatic carbocycles. The second-order valence-corrected chi connectivity index (χ2v) is 4.70. The van der Waals surface area contributed by atoms with E-state index in [4.69, 9.17) is 5.84 Å². The zero-order valence-corrected chi connectivity index (χ0v) is 11.4. The van der Waals surface area contributed by atoms with Gasteiger partial charge in [0.25, 0.3) is 0 Å². The summed E-state index contributed by atoms with van der Waals surface area (Å²) in [7, 11) is 0. The van der Waals surface area contributed by atoms with Gasteiger partial charge in [-0.1, -0.05) is 6.07 Å². The lowest BCUT2D eigenvalue weighted by atomic mass is 10.1. The van der Waals surface area contributed by atoms with Gasteiger partial charge < -0.3 is 15.1 Å². The third-order valence-electron chi connectivity index (χ3n) is 3.29. The van der Waals surface area contributed by atoms with Crippen LogP contribution in [0.3, 0.4) is 0 Å². The Balaban J connectivity index is 2.04. The van der Waals surface area contributed by atoms with Gasteiger partial charge >= 0.3 is 0 Å². The van der Waals surface area contributed by atoms with Crippen LogP contribution >= 0.6 is 0 Å². The smallest absolute Gasteiger partial charge is 0.180 e. The molecule has 0 atom stereocenters. The van der Waals surface area contributed by atoms with Crippen molar-refractivity contribution in [3.05, 3.63) is 47.9 Å². The van der Waals surface area contributed by atoms with E-state index in [0.29, 0.717) is 11.6 Å². The minimum Gasteiger partial charge on any atom is -0.337 e. The average Bonchev–Trinajstić information content (AvgIpc) is 2.91. The molecule has 0 aliphatic rings.